The van der Waals surface area contributed by atoms with E-state index in [0.29, 0.717) is 5.11 Å². The van der Waals surface area contributed by atoms with Crippen molar-refractivity contribution in [2.75, 3.05) is 11.9 Å². The Balaban J connectivity index is 1.68. The molecule has 0 aliphatic carbocycles. The number of rotatable bonds is 2. The van der Waals surface area contributed by atoms with Gasteiger partial charge >= 0.3 is 0 Å². The average Bonchev–Trinajstić information content (AvgIpc) is 3.11. The highest BCUT2D eigenvalue weighted by atomic mass is 32.1. The summed E-state index contributed by atoms with van der Waals surface area (Å²) in [5.41, 5.74) is 3.15. The van der Waals surface area contributed by atoms with Crippen molar-refractivity contribution in [2.45, 2.75) is 12.6 Å². The fourth-order valence-electron chi connectivity index (χ4n) is 3.31. The van der Waals surface area contributed by atoms with E-state index in [1.54, 1.807) is 0 Å². The number of hydrogen-bond acceptors (Lipinski definition) is 1. The van der Waals surface area contributed by atoms with Gasteiger partial charge in [-0.25, -0.2) is 4.39 Å². The second kappa shape index (κ2) is 6.69. The molecular formula is C20H18FN3S. The first kappa shape index (κ1) is 15.8. The Labute approximate surface area is 151 Å². The molecule has 5 heteroatoms. The number of fused-ring (bicyclic) bond motifs is 1. The van der Waals surface area contributed by atoms with Gasteiger partial charge in [0, 0.05) is 30.7 Å². The molecule has 1 aromatic heterocycles. The van der Waals surface area contributed by atoms with E-state index in [1.165, 1.54) is 12.1 Å². The lowest BCUT2D eigenvalue weighted by molar-refractivity contribution is 0.293. The Morgan fingerprint density at radius 1 is 0.960 bits per heavy atom. The maximum atomic E-state index is 13.4. The summed E-state index contributed by atoms with van der Waals surface area (Å²) in [6.45, 7) is 1.67. The number of para-hydroxylation sites is 1. The van der Waals surface area contributed by atoms with Crippen molar-refractivity contribution >= 4 is 23.0 Å². The number of halogens is 1. The minimum atomic E-state index is -0.230. The van der Waals surface area contributed by atoms with Crippen LogP contribution in [-0.4, -0.2) is 21.1 Å². The molecule has 0 unspecified atom stereocenters. The van der Waals surface area contributed by atoms with Crippen LogP contribution in [0, 0.1) is 5.82 Å². The minimum Gasteiger partial charge on any atom is -0.348 e. The molecular weight excluding hydrogens is 333 g/mol. The Morgan fingerprint density at radius 2 is 1.72 bits per heavy atom. The molecule has 1 atom stereocenters. The van der Waals surface area contributed by atoms with Crippen LogP contribution in [0.5, 0.6) is 0 Å². The van der Waals surface area contributed by atoms with E-state index in [1.807, 2.05) is 48.5 Å². The molecule has 0 amide bonds. The van der Waals surface area contributed by atoms with Crippen LogP contribution in [0.25, 0.3) is 0 Å². The van der Waals surface area contributed by atoms with E-state index in [4.69, 9.17) is 12.2 Å². The number of nitrogens with zero attached hydrogens (tertiary/aromatic N) is 2. The SMILES string of the molecule is Fc1ccc([C@@H]2c3cccn3CCN2C(=S)Nc2ccccc2)cc1. The maximum Gasteiger partial charge on any atom is 0.174 e. The van der Waals surface area contributed by atoms with Gasteiger partial charge in [-0.3, -0.25) is 0 Å². The van der Waals surface area contributed by atoms with Crippen LogP contribution in [0.15, 0.2) is 72.9 Å². The lowest BCUT2D eigenvalue weighted by Crippen LogP contribution is -2.44. The monoisotopic (exact) mass is 351 g/mol. The van der Waals surface area contributed by atoms with E-state index in [-0.39, 0.29) is 11.9 Å². The number of aromatic nitrogens is 1. The van der Waals surface area contributed by atoms with Crippen LogP contribution >= 0.6 is 12.2 Å². The van der Waals surface area contributed by atoms with Crippen LogP contribution in [0.3, 0.4) is 0 Å². The fourth-order valence-corrected chi connectivity index (χ4v) is 3.63. The zero-order chi connectivity index (χ0) is 17.2. The number of hydrogen-bond donors (Lipinski definition) is 1. The Morgan fingerprint density at radius 3 is 2.48 bits per heavy atom. The van der Waals surface area contributed by atoms with Gasteiger partial charge in [0.25, 0.3) is 0 Å². The molecule has 1 aliphatic rings. The molecule has 0 saturated heterocycles. The van der Waals surface area contributed by atoms with E-state index >= 15 is 0 Å². The Bertz CT molecular complexity index is 873. The van der Waals surface area contributed by atoms with Crippen LogP contribution < -0.4 is 5.32 Å². The summed E-state index contributed by atoms with van der Waals surface area (Å²) in [5.74, 6) is -0.230. The molecule has 0 saturated carbocycles. The number of thiocarbonyl (C=S) groups is 1. The van der Waals surface area contributed by atoms with Crippen molar-refractivity contribution in [1.29, 1.82) is 0 Å². The van der Waals surface area contributed by atoms with Gasteiger partial charge in [0.2, 0.25) is 0 Å². The van der Waals surface area contributed by atoms with Gasteiger partial charge in [0.15, 0.2) is 5.11 Å². The molecule has 2 heterocycles. The zero-order valence-electron chi connectivity index (χ0n) is 13.6. The van der Waals surface area contributed by atoms with E-state index in [0.717, 1.165) is 30.0 Å². The second-order valence-electron chi connectivity index (χ2n) is 6.07. The predicted octanol–water partition coefficient (Wildman–Crippen LogP) is 4.43. The van der Waals surface area contributed by atoms with Gasteiger partial charge in [0.05, 0.1) is 6.04 Å². The third-order valence-corrected chi connectivity index (χ3v) is 4.85. The summed E-state index contributed by atoms with van der Waals surface area (Å²) < 4.78 is 15.6. The normalized spacial score (nSPS) is 16.4. The highest BCUT2D eigenvalue weighted by Gasteiger charge is 2.30. The second-order valence-corrected chi connectivity index (χ2v) is 6.46. The molecule has 1 aliphatic heterocycles. The van der Waals surface area contributed by atoms with Gasteiger partial charge < -0.3 is 14.8 Å². The topological polar surface area (TPSA) is 20.2 Å². The fraction of sp³-hybridized carbons (Fsp3) is 0.150. The quantitative estimate of drug-likeness (QED) is 0.690. The Hall–Kier alpha value is -2.66. The summed E-state index contributed by atoms with van der Waals surface area (Å²) in [6.07, 6.45) is 2.08. The first-order valence-electron chi connectivity index (χ1n) is 8.25. The molecule has 0 radical (unpaired) electrons. The molecule has 0 fully saturated rings. The van der Waals surface area contributed by atoms with Gasteiger partial charge in [-0.2, -0.15) is 0 Å². The van der Waals surface area contributed by atoms with E-state index in [2.05, 4.69) is 27.0 Å². The zero-order valence-corrected chi connectivity index (χ0v) is 14.4. The molecule has 4 rings (SSSR count). The molecule has 0 bridgehead atoms. The summed E-state index contributed by atoms with van der Waals surface area (Å²) in [5, 5.41) is 3.99. The van der Waals surface area contributed by atoms with Crippen molar-refractivity contribution in [3.63, 3.8) is 0 Å². The van der Waals surface area contributed by atoms with Gasteiger partial charge in [-0.15, -0.1) is 0 Å². The van der Waals surface area contributed by atoms with Gasteiger partial charge in [-0.1, -0.05) is 30.3 Å². The van der Waals surface area contributed by atoms with Crippen LogP contribution in [0.2, 0.25) is 0 Å². The van der Waals surface area contributed by atoms with Crippen molar-refractivity contribution < 1.29 is 4.39 Å². The summed E-state index contributed by atoms with van der Waals surface area (Å²) in [7, 11) is 0. The lowest BCUT2D eigenvalue weighted by atomic mass is 10.0. The standard InChI is InChI=1S/C20H18FN3S/c21-16-10-8-15(9-11-16)19-18-7-4-12-23(18)13-14-24(19)20(25)22-17-5-2-1-3-6-17/h1-12,19H,13-14H2,(H,22,25)/t19-/m1/s1. The Kier molecular flexibility index (Phi) is 4.24. The highest BCUT2D eigenvalue weighted by molar-refractivity contribution is 7.80. The lowest BCUT2D eigenvalue weighted by Gasteiger charge is -2.39. The number of anilines is 1. The predicted molar refractivity (Wildman–Crippen MR) is 102 cm³/mol. The summed E-state index contributed by atoms with van der Waals surface area (Å²) >= 11 is 5.69. The van der Waals surface area contributed by atoms with E-state index in [9.17, 15) is 4.39 Å². The van der Waals surface area contributed by atoms with Crippen LogP contribution in [0.1, 0.15) is 17.3 Å². The van der Waals surface area contributed by atoms with Gasteiger partial charge in [0.1, 0.15) is 5.82 Å². The van der Waals surface area contributed by atoms with Crippen LogP contribution in [0.4, 0.5) is 10.1 Å². The molecule has 3 nitrogen and oxygen atoms in total. The highest BCUT2D eigenvalue weighted by Crippen LogP contribution is 2.33. The molecule has 3 aromatic rings. The third-order valence-electron chi connectivity index (χ3n) is 4.51. The number of nitrogens with one attached hydrogen (secondary N) is 1. The number of benzene rings is 2. The molecule has 126 valence electrons. The minimum absolute atomic E-state index is 0.0342. The molecule has 1 N–H and O–H groups in total. The van der Waals surface area contributed by atoms with Gasteiger partial charge in [-0.05, 0) is 54.2 Å². The average molecular weight is 351 g/mol. The van der Waals surface area contributed by atoms with E-state index < -0.39 is 0 Å². The first-order chi connectivity index (χ1) is 12.2. The molecule has 2 aromatic carbocycles. The summed E-state index contributed by atoms with van der Waals surface area (Å²) in [6, 6.07) is 20.7. The van der Waals surface area contributed by atoms with Crippen LogP contribution in [-0.2, 0) is 6.54 Å². The summed E-state index contributed by atoms with van der Waals surface area (Å²) in [4.78, 5) is 2.17. The van der Waals surface area contributed by atoms with Crippen molar-refractivity contribution in [2.24, 2.45) is 0 Å². The van der Waals surface area contributed by atoms with Crippen molar-refractivity contribution in [1.82, 2.24) is 9.47 Å². The smallest absolute Gasteiger partial charge is 0.174 e. The van der Waals surface area contributed by atoms with Crippen molar-refractivity contribution in [3.05, 3.63) is 90.0 Å². The maximum absolute atomic E-state index is 13.4. The van der Waals surface area contributed by atoms with Crippen molar-refractivity contribution in [3.8, 4) is 0 Å². The molecule has 0 spiro atoms. The first-order valence-corrected chi connectivity index (χ1v) is 8.66. The third kappa shape index (κ3) is 3.15. The molecule has 25 heavy (non-hydrogen) atoms. The largest absolute Gasteiger partial charge is 0.348 e.